The molecular weight excluding hydrogens is 392 g/mol. The molecule has 30 heavy (non-hydrogen) atoms. The van der Waals surface area contributed by atoms with Crippen molar-refractivity contribution < 1.29 is 8.78 Å². The minimum atomic E-state index is -2.65. The summed E-state index contributed by atoms with van der Waals surface area (Å²) in [5.41, 5.74) is 1.32. The van der Waals surface area contributed by atoms with Gasteiger partial charge in [0, 0.05) is 25.7 Å². The van der Waals surface area contributed by atoms with E-state index in [1.54, 1.807) is 18.9 Å². The Bertz CT molecular complexity index is 1140. The smallest absolute Gasteiger partial charge is 0.282 e. The van der Waals surface area contributed by atoms with Crippen molar-refractivity contribution in [3.63, 3.8) is 0 Å². The van der Waals surface area contributed by atoms with Crippen LogP contribution in [0.4, 0.5) is 14.6 Å². The minimum Gasteiger partial charge on any atom is -0.356 e. The molecule has 11 heteroatoms. The third-order valence-corrected chi connectivity index (χ3v) is 5.28. The van der Waals surface area contributed by atoms with Crippen molar-refractivity contribution in [2.75, 3.05) is 18.0 Å². The van der Waals surface area contributed by atoms with Crippen LogP contribution in [0.2, 0.25) is 0 Å². The zero-order valence-electron chi connectivity index (χ0n) is 16.0. The third kappa shape index (κ3) is 3.58. The summed E-state index contributed by atoms with van der Waals surface area (Å²) in [6.45, 7) is 2.55. The van der Waals surface area contributed by atoms with Crippen LogP contribution in [0.15, 0.2) is 43.4 Å². The summed E-state index contributed by atoms with van der Waals surface area (Å²) >= 11 is 0. The summed E-state index contributed by atoms with van der Waals surface area (Å²) in [4.78, 5) is 19.3. The zero-order valence-corrected chi connectivity index (χ0v) is 16.0. The highest BCUT2D eigenvalue weighted by atomic mass is 19.3. The van der Waals surface area contributed by atoms with Crippen LogP contribution in [0.5, 0.6) is 0 Å². The molecule has 5 heterocycles. The minimum absolute atomic E-state index is 0.303. The number of nitrogens with zero attached hydrogens (tertiary/aromatic N) is 9. The van der Waals surface area contributed by atoms with Crippen LogP contribution in [-0.4, -0.2) is 52.4 Å². The Labute approximate surface area is 170 Å². The maximum Gasteiger partial charge on any atom is 0.282 e. The molecule has 1 atom stereocenters. The van der Waals surface area contributed by atoms with E-state index in [0.29, 0.717) is 23.0 Å². The van der Waals surface area contributed by atoms with Crippen molar-refractivity contribution in [2.24, 2.45) is 5.92 Å². The molecule has 1 saturated heterocycles. The molecule has 0 radical (unpaired) electrons. The average molecular weight is 411 g/mol. The number of piperidine rings is 1. The van der Waals surface area contributed by atoms with Crippen molar-refractivity contribution >= 4 is 11.5 Å². The van der Waals surface area contributed by atoms with Gasteiger partial charge in [-0.1, -0.05) is 0 Å². The van der Waals surface area contributed by atoms with Gasteiger partial charge in [0.2, 0.25) is 0 Å². The van der Waals surface area contributed by atoms with Gasteiger partial charge in [-0.05, 0) is 30.9 Å². The normalized spacial score (nSPS) is 17.2. The Kier molecular flexibility index (Phi) is 4.77. The number of fused-ring (bicyclic) bond motifs is 1. The van der Waals surface area contributed by atoms with E-state index < -0.39 is 6.43 Å². The number of rotatable bonds is 5. The first-order valence-electron chi connectivity index (χ1n) is 9.70. The maximum absolute atomic E-state index is 13.1. The fourth-order valence-electron chi connectivity index (χ4n) is 3.85. The molecule has 5 rings (SSSR count). The average Bonchev–Trinajstić information content (AvgIpc) is 3.43. The Balaban J connectivity index is 1.41. The van der Waals surface area contributed by atoms with Crippen LogP contribution >= 0.6 is 0 Å². The quantitative estimate of drug-likeness (QED) is 0.499. The van der Waals surface area contributed by atoms with Gasteiger partial charge in [-0.3, -0.25) is 4.68 Å². The molecule has 154 valence electrons. The molecule has 0 saturated carbocycles. The molecule has 0 aromatic carbocycles. The van der Waals surface area contributed by atoms with Crippen molar-refractivity contribution in [3.05, 3.63) is 49.1 Å². The summed E-state index contributed by atoms with van der Waals surface area (Å²) in [5, 5.41) is 8.22. The lowest BCUT2D eigenvalue weighted by molar-refractivity contribution is 0.144. The number of hydrogen-bond donors (Lipinski definition) is 0. The molecule has 1 fully saturated rings. The first-order valence-corrected chi connectivity index (χ1v) is 9.70. The number of halogens is 2. The van der Waals surface area contributed by atoms with Crippen LogP contribution in [0, 0.1) is 5.92 Å². The molecule has 4 aromatic rings. The SMILES string of the molecule is FC(F)c1ccc2ncc(-c3cc(N4CCCC(Cn5cncn5)C4)ncn3)n2n1. The van der Waals surface area contributed by atoms with E-state index in [9.17, 15) is 8.78 Å². The van der Waals surface area contributed by atoms with Gasteiger partial charge >= 0.3 is 0 Å². The maximum atomic E-state index is 13.1. The largest absolute Gasteiger partial charge is 0.356 e. The second kappa shape index (κ2) is 7.73. The number of anilines is 1. The Morgan fingerprint density at radius 2 is 2.07 bits per heavy atom. The highest BCUT2D eigenvalue weighted by molar-refractivity contribution is 5.62. The molecule has 0 aliphatic carbocycles. The third-order valence-electron chi connectivity index (χ3n) is 5.28. The standard InChI is InChI=1S/C19H19F2N9/c20-19(21)14-3-4-17-23-7-16(30(17)27-14)15-6-18(25-11-24-15)28-5-1-2-13(8-28)9-29-12-22-10-26-29/h3-4,6-7,10-13,19H,1-2,5,8-9H2. The summed E-state index contributed by atoms with van der Waals surface area (Å²) in [5.74, 6) is 1.23. The molecule has 9 nitrogen and oxygen atoms in total. The van der Waals surface area contributed by atoms with Crippen LogP contribution < -0.4 is 4.90 Å². The van der Waals surface area contributed by atoms with Crippen LogP contribution in [0.3, 0.4) is 0 Å². The molecule has 1 aliphatic heterocycles. The molecule has 0 N–H and O–H groups in total. The van der Waals surface area contributed by atoms with E-state index in [2.05, 4.69) is 35.0 Å². The number of aromatic nitrogens is 8. The molecule has 4 aromatic heterocycles. The van der Waals surface area contributed by atoms with Gasteiger partial charge in [0.15, 0.2) is 5.65 Å². The zero-order chi connectivity index (χ0) is 20.5. The second-order valence-corrected chi connectivity index (χ2v) is 7.31. The van der Waals surface area contributed by atoms with E-state index in [-0.39, 0.29) is 5.69 Å². The van der Waals surface area contributed by atoms with Gasteiger partial charge < -0.3 is 4.90 Å². The van der Waals surface area contributed by atoms with Crippen molar-refractivity contribution in [1.82, 2.24) is 39.3 Å². The van der Waals surface area contributed by atoms with Crippen LogP contribution in [0.25, 0.3) is 17.0 Å². The predicted octanol–water partition coefficient (Wildman–Crippen LogP) is 2.63. The van der Waals surface area contributed by atoms with Gasteiger partial charge in [-0.2, -0.15) is 10.2 Å². The van der Waals surface area contributed by atoms with Gasteiger partial charge in [0.25, 0.3) is 6.43 Å². The Hall–Kier alpha value is -3.50. The fraction of sp³-hybridized carbons (Fsp3) is 0.368. The second-order valence-electron chi connectivity index (χ2n) is 7.31. The number of imidazole rings is 1. The van der Waals surface area contributed by atoms with E-state index >= 15 is 0 Å². The molecule has 0 spiro atoms. The topological polar surface area (TPSA) is 89.9 Å². The lowest BCUT2D eigenvalue weighted by Gasteiger charge is -2.33. The monoisotopic (exact) mass is 411 g/mol. The molecular formula is C19H19F2N9. The Morgan fingerprint density at radius 1 is 1.13 bits per heavy atom. The van der Waals surface area contributed by atoms with Crippen LogP contribution in [0.1, 0.15) is 25.0 Å². The van der Waals surface area contributed by atoms with Crippen molar-refractivity contribution in [3.8, 4) is 11.4 Å². The van der Waals surface area contributed by atoms with Gasteiger partial charge in [0.1, 0.15) is 36.2 Å². The molecule has 1 unspecified atom stereocenters. The summed E-state index contributed by atoms with van der Waals surface area (Å²) in [6.07, 6.45) is 5.86. The first-order chi connectivity index (χ1) is 14.7. The fourth-order valence-corrected chi connectivity index (χ4v) is 3.85. The number of hydrogen-bond acceptors (Lipinski definition) is 7. The molecule has 0 amide bonds. The summed E-state index contributed by atoms with van der Waals surface area (Å²) in [7, 11) is 0. The van der Waals surface area contributed by atoms with Crippen LogP contribution in [-0.2, 0) is 6.54 Å². The lowest BCUT2D eigenvalue weighted by atomic mass is 9.98. The van der Waals surface area contributed by atoms with Gasteiger partial charge in [-0.25, -0.2) is 33.2 Å². The summed E-state index contributed by atoms with van der Waals surface area (Å²) in [6, 6.07) is 4.67. The van der Waals surface area contributed by atoms with E-state index in [4.69, 9.17) is 0 Å². The highest BCUT2D eigenvalue weighted by Crippen LogP contribution is 2.26. The van der Waals surface area contributed by atoms with E-state index in [1.165, 1.54) is 23.0 Å². The Morgan fingerprint density at radius 3 is 2.90 bits per heavy atom. The molecule has 0 bridgehead atoms. The van der Waals surface area contributed by atoms with E-state index in [1.807, 2.05) is 10.7 Å². The molecule has 1 aliphatic rings. The van der Waals surface area contributed by atoms with Gasteiger partial charge in [0.05, 0.1) is 11.9 Å². The van der Waals surface area contributed by atoms with Crippen molar-refractivity contribution in [1.29, 1.82) is 0 Å². The highest BCUT2D eigenvalue weighted by Gasteiger charge is 2.22. The number of alkyl halides is 2. The first kappa shape index (κ1) is 18.5. The summed E-state index contributed by atoms with van der Waals surface area (Å²) < 4.78 is 29.4. The predicted molar refractivity (Wildman–Crippen MR) is 104 cm³/mol. The lowest BCUT2D eigenvalue weighted by Crippen LogP contribution is -2.37. The van der Waals surface area contributed by atoms with Gasteiger partial charge in [-0.15, -0.1) is 0 Å². The van der Waals surface area contributed by atoms with Crippen molar-refractivity contribution in [2.45, 2.75) is 25.8 Å². The van der Waals surface area contributed by atoms with E-state index in [0.717, 1.165) is 38.3 Å².